The zero-order chi connectivity index (χ0) is 38.2. The molecule has 0 aliphatic carbocycles. The standard InChI is InChI=1S/C27H37F11O9S/c1-7-22(5,20(43)45-9-8-23(28,29)24(30,31)25(32,33)26(34,35)27(36,37)38)14-21(3,4)19(42)47-11-16(39)10-46-17(40)13-48-12-15(2)18(41)44-6/h15-16,39H,7-14H2,1-6H3. The number of rotatable bonds is 20. The lowest BCUT2D eigenvalue weighted by Crippen LogP contribution is -2.66. The minimum Gasteiger partial charge on any atom is -0.469 e. The van der Waals surface area contributed by atoms with Gasteiger partial charge in [-0.1, -0.05) is 13.8 Å². The first-order chi connectivity index (χ1) is 21.5. The number of alkyl halides is 11. The Kier molecular flexibility index (Phi) is 16.0. The van der Waals surface area contributed by atoms with Crippen molar-refractivity contribution in [2.45, 2.75) is 89.9 Å². The maximum atomic E-state index is 13.9. The van der Waals surface area contributed by atoms with E-state index in [9.17, 15) is 72.6 Å². The van der Waals surface area contributed by atoms with Crippen LogP contribution in [-0.2, 0) is 38.1 Å². The van der Waals surface area contributed by atoms with Gasteiger partial charge < -0.3 is 24.1 Å². The molecule has 0 rings (SSSR count). The van der Waals surface area contributed by atoms with Gasteiger partial charge in [0.2, 0.25) is 0 Å². The molecule has 0 radical (unpaired) electrons. The smallest absolute Gasteiger partial charge is 0.460 e. The molecule has 0 aliphatic heterocycles. The number of methoxy groups -OCH3 is 1. The quantitative estimate of drug-likeness (QED) is 0.0923. The van der Waals surface area contributed by atoms with Crippen LogP contribution in [0.4, 0.5) is 48.3 Å². The Morgan fingerprint density at radius 1 is 0.771 bits per heavy atom. The highest BCUT2D eigenvalue weighted by atomic mass is 32.2. The number of halogens is 11. The van der Waals surface area contributed by atoms with E-state index in [1.165, 1.54) is 27.9 Å². The zero-order valence-corrected chi connectivity index (χ0v) is 27.4. The summed E-state index contributed by atoms with van der Waals surface area (Å²) in [7, 11) is 1.20. The van der Waals surface area contributed by atoms with Gasteiger partial charge in [-0.3, -0.25) is 19.2 Å². The Morgan fingerprint density at radius 3 is 1.77 bits per heavy atom. The third-order valence-corrected chi connectivity index (χ3v) is 8.12. The van der Waals surface area contributed by atoms with Crippen LogP contribution in [0.1, 0.15) is 53.9 Å². The van der Waals surface area contributed by atoms with E-state index in [2.05, 4.69) is 9.47 Å². The van der Waals surface area contributed by atoms with Crippen LogP contribution in [0.15, 0.2) is 0 Å². The number of carbonyl (C=O) groups is 4. The highest BCUT2D eigenvalue weighted by molar-refractivity contribution is 7.99. The summed E-state index contributed by atoms with van der Waals surface area (Å²) in [6.07, 6.45) is -12.1. The van der Waals surface area contributed by atoms with E-state index in [0.717, 1.165) is 18.7 Å². The summed E-state index contributed by atoms with van der Waals surface area (Å²) in [5, 5.41) is 10.00. The first-order valence-corrected chi connectivity index (χ1v) is 15.0. The molecule has 0 saturated carbocycles. The van der Waals surface area contributed by atoms with Gasteiger partial charge in [0.25, 0.3) is 0 Å². The minimum atomic E-state index is -7.59. The maximum Gasteiger partial charge on any atom is 0.460 e. The molecule has 3 unspecified atom stereocenters. The largest absolute Gasteiger partial charge is 0.469 e. The molecule has 0 bridgehead atoms. The fraction of sp³-hybridized carbons (Fsp3) is 0.852. The van der Waals surface area contributed by atoms with Crippen molar-refractivity contribution in [1.29, 1.82) is 0 Å². The van der Waals surface area contributed by atoms with Crippen LogP contribution in [0.5, 0.6) is 0 Å². The van der Waals surface area contributed by atoms with Gasteiger partial charge in [-0.05, 0) is 33.6 Å². The van der Waals surface area contributed by atoms with Crippen LogP contribution in [0.2, 0.25) is 0 Å². The maximum absolute atomic E-state index is 13.9. The van der Waals surface area contributed by atoms with Gasteiger partial charge in [0.05, 0.1) is 42.6 Å². The van der Waals surface area contributed by atoms with Crippen molar-refractivity contribution in [3.8, 4) is 0 Å². The van der Waals surface area contributed by atoms with Gasteiger partial charge in [0.15, 0.2) is 0 Å². The number of thioether (sulfide) groups is 1. The molecule has 0 fully saturated rings. The summed E-state index contributed by atoms with van der Waals surface area (Å²) in [6.45, 7) is 3.43. The number of aliphatic hydroxyl groups is 1. The summed E-state index contributed by atoms with van der Waals surface area (Å²) in [4.78, 5) is 48.5. The van der Waals surface area contributed by atoms with Gasteiger partial charge in [-0.15, -0.1) is 11.8 Å². The summed E-state index contributed by atoms with van der Waals surface area (Å²) in [5.74, 6) is -32.7. The van der Waals surface area contributed by atoms with Gasteiger partial charge in [-0.25, -0.2) is 0 Å². The Bertz CT molecular complexity index is 1120. The van der Waals surface area contributed by atoms with Gasteiger partial charge in [0, 0.05) is 5.75 Å². The Morgan fingerprint density at radius 2 is 1.29 bits per heavy atom. The number of hydrogen-bond acceptors (Lipinski definition) is 10. The molecule has 0 saturated heterocycles. The third kappa shape index (κ3) is 11.2. The van der Waals surface area contributed by atoms with E-state index in [1.54, 1.807) is 6.92 Å². The molecular formula is C27H37F11O9S. The highest BCUT2D eigenvalue weighted by Gasteiger charge is 2.86. The van der Waals surface area contributed by atoms with Crippen molar-refractivity contribution in [1.82, 2.24) is 0 Å². The molecule has 0 heterocycles. The molecule has 0 aromatic heterocycles. The molecule has 21 heteroatoms. The van der Waals surface area contributed by atoms with Crippen LogP contribution >= 0.6 is 11.8 Å². The highest BCUT2D eigenvalue weighted by Crippen LogP contribution is 2.58. The summed E-state index contributed by atoms with van der Waals surface area (Å²) < 4.78 is 164. The second-order valence-electron chi connectivity index (χ2n) is 11.7. The van der Waals surface area contributed by atoms with Crippen molar-refractivity contribution in [3.05, 3.63) is 0 Å². The zero-order valence-electron chi connectivity index (χ0n) is 26.6. The first kappa shape index (κ1) is 45.4. The Balaban J connectivity index is 5.16. The second-order valence-corrected chi connectivity index (χ2v) is 12.7. The Labute approximate surface area is 272 Å². The molecule has 3 atom stereocenters. The third-order valence-electron chi connectivity index (χ3n) is 6.95. The topological polar surface area (TPSA) is 125 Å². The van der Waals surface area contributed by atoms with Crippen LogP contribution in [0.25, 0.3) is 0 Å². The van der Waals surface area contributed by atoms with Gasteiger partial charge in [-0.2, -0.15) is 48.3 Å². The van der Waals surface area contributed by atoms with Crippen LogP contribution < -0.4 is 0 Å². The SMILES string of the molecule is CCC(C)(CC(C)(C)C(=O)OCC(O)COC(=O)CSCC(C)C(=O)OC)C(=O)OCCC(F)(F)C(F)(F)C(F)(F)C(F)(F)C(F)(F)F. The van der Waals surface area contributed by atoms with Gasteiger partial charge >= 0.3 is 53.7 Å². The van der Waals surface area contributed by atoms with E-state index >= 15 is 0 Å². The molecule has 0 spiro atoms. The molecular weight excluding hydrogens is 709 g/mol. The van der Waals surface area contributed by atoms with E-state index < -0.39 is 109 Å². The predicted molar refractivity (Wildman–Crippen MR) is 145 cm³/mol. The summed E-state index contributed by atoms with van der Waals surface area (Å²) in [5.41, 5.74) is -3.37. The van der Waals surface area contributed by atoms with Crippen LogP contribution in [0.3, 0.4) is 0 Å². The normalized spacial score (nSPS) is 16.0. The number of carbonyl (C=O) groups excluding carboxylic acids is 4. The average Bonchev–Trinajstić information content (AvgIpc) is 2.96. The van der Waals surface area contributed by atoms with Crippen LogP contribution in [0, 0.1) is 16.7 Å². The molecule has 282 valence electrons. The Hall–Kier alpha value is -2.58. The molecule has 9 nitrogen and oxygen atoms in total. The lowest BCUT2D eigenvalue weighted by atomic mass is 9.72. The lowest BCUT2D eigenvalue weighted by Gasteiger charge is -2.37. The lowest BCUT2D eigenvalue weighted by molar-refractivity contribution is -0.422. The molecule has 0 aliphatic rings. The number of esters is 4. The van der Waals surface area contributed by atoms with E-state index in [4.69, 9.17) is 9.47 Å². The monoisotopic (exact) mass is 746 g/mol. The second kappa shape index (κ2) is 16.9. The molecule has 0 aromatic carbocycles. The van der Waals surface area contributed by atoms with E-state index in [1.807, 2.05) is 0 Å². The molecule has 1 N–H and O–H groups in total. The van der Waals surface area contributed by atoms with Crippen molar-refractivity contribution in [2.24, 2.45) is 16.7 Å². The van der Waals surface area contributed by atoms with Crippen molar-refractivity contribution in [3.63, 3.8) is 0 Å². The van der Waals surface area contributed by atoms with Crippen LogP contribution in [-0.4, -0.2) is 103 Å². The predicted octanol–water partition coefficient (Wildman–Crippen LogP) is 5.85. The summed E-state index contributed by atoms with van der Waals surface area (Å²) in [6, 6.07) is 0. The molecule has 0 amide bonds. The van der Waals surface area contributed by atoms with E-state index in [-0.39, 0.29) is 17.9 Å². The minimum absolute atomic E-state index is 0.173. The van der Waals surface area contributed by atoms with Gasteiger partial charge in [0.1, 0.15) is 19.3 Å². The number of ether oxygens (including phenoxy) is 4. The fourth-order valence-corrected chi connectivity index (χ4v) is 4.69. The van der Waals surface area contributed by atoms with Crippen molar-refractivity contribution >= 4 is 35.6 Å². The number of aliphatic hydroxyl groups excluding tert-OH is 1. The van der Waals surface area contributed by atoms with Crippen molar-refractivity contribution in [2.75, 3.05) is 38.4 Å². The average molecular weight is 747 g/mol. The molecule has 0 aromatic rings. The number of hydrogen-bond donors (Lipinski definition) is 1. The fourth-order valence-electron chi connectivity index (χ4n) is 3.83. The molecule has 48 heavy (non-hydrogen) atoms. The van der Waals surface area contributed by atoms with E-state index in [0.29, 0.717) is 0 Å². The van der Waals surface area contributed by atoms with Crippen molar-refractivity contribution < 1.29 is 91.5 Å². The first-order valence-electron chi connectivity index (χ1n) is 13.9. The summed E-state index contributed by atoms with van der Waals surface area (Å²) >= 11 is 1.06.